The van der Waals surface area contributed by atoms with Gasteiger partial charge in [-0.2, -0.15) is 9.65 Å². The van der Waals surface area contributed by atoms with Crippen LogP contribution in [0.4, 0.5) is 0 Å². The van der Waals surface area contributed by atoms with Crippen molar-refractivity contribution in [3.05, 3.63) is 60.4 Å². The van der Waals surface area contributed by atoms with Crippen molar-refractivity contribution in [3.63, 3.8) is 0 Å². The summed E-state index contributed by atoms with van der Waals surface area (Å²) >= 11 is 0. The zero-order valence-electron chi connectivity index (χ0n) is 22.2. The lowest BCUT2D eigenvalue weighted by Gasteiger charge is -2.24. The van der Waals surface area contributed by atoms with E-state index in [0.717, 1.165) is 12.8 Å². The van der Waals surface area contributed by atoms with Gasteiger partial charge in [0, 0.05) is 6.07 Å². The number of nitrogens with zero attached hydrogens (tertiary/aromatic N) is 1. The maximum Gasteiger partial charge on any atom is 0.459 e. The van der Waals surface area contributed by atoms with Crippen molar-refractivity contribution in [2.75, 3.05) is 13.2 Å². The maximum atomic E-state index is 13.7. The first kappa shape index (κ1) is 30.7. The first-order valence-electron chi connectivity index (χ1n) is 12.8. The number of carbonyl (C=O) groups is 2. The SMILES string of the molecule is CCC(CC)COC(=O)C(C)NP(=O)(OC[C@H]1O[C@@H]([n+]2cccc(C(N)=O)c2)[C@H](O)[C@@H]1O)Oc1ccccc1. The van der Waals surface area contributed by atoms with Gasteiger partial charge >= 0.3 is 13.7 Å². The number of carbonyl (C=O) groups excluding carboxylic acids is 2. The summed E-state index contributed by atoms with van der Waals surface area (Å²) in [6.45, 7) is 5.26. The molecular formula is C26H37N3O9P+. The van der Waals surface area contributed by atoms with Gasteiger partial charge in [-0.25, -0.2) is 4.57 Å². The van der Waals surface area contributed by atoms with Crippen LogP contribution in [-0.2, 0) is 23.4 Å². The number of para-hydroxylation sites is 1. The van der Waals surface area contributed by atoms with Crippen molar-refractivity contribution in [3.8, 4) is 5.75 Å². The Morgan fingerprint density at radius 1 is 1.13 bits per heavy atom. The quantitative estimate of drug-likeness (QED) is 0.150. The van der Waals surface area contributed by atoms with Crippen molar-refractivity contribution in [1.82, 2.24) is 5.09 Å². The largest absolute Gasteiger partial charge is 0.464 e. The number of esters is 1. The van der Waals surface area contributed by atoms with E-state index in [0.29, 0.717) is 0 Å². The van der Waals surface area contributed by atoms with Crippen molar-refractivity contribution in [2.45, 2.75) is 64.2 Å². The smallest absolute Gasteiger partial charge is 0.459 e. The van der Waals surface area contributed by atoms with Gasteiger partial charge in [0.15, 0.2) is 18.5 Å². The van der Waals surface area contributed by atoms with Crippen LogP contribution in [0.1, 0.15) is 50.2 Å². The highest BCUT2D eigenvalue weighted by molar-refractivity contribution is 7.52. The summed E-state index contributed by atoms with van der Waals surface area (Å²) in [6.07, 6.45) is -0.392. The van der Waals surface area contributed by atoms with Crippen LogP contribution in [0, 0.1) is 5.92 Å². The van der Waals surface area contributed by atoms with Crippen LogP contribution in [0.15, 0.2) is 54.9 Å². The van der Waals surface area contributed by atoms with E-state index in [9.17, 15) is 24.4 Å². The van der Waals surface area contributed by atoms with Gasteiger partial charge in [-0.05, 0) is 31.0 Å². The number of aromatic nitrogens is 1. The Morgan fingerprint density at radius 2 is 1.82 bits per heavy atom. The summed E-state index contributed by atoms with van der Waals surface area (Å²) in [5, 5.41) is 23.8. The average molecular weight is 567 g/mol. The third-order valence-corrected chi connectivity index (χ3v) is 8.08. The van der Waals surface area contributed by atoms with Crippen molar-refractivity contribution in [2.24, 2.45) is 11.7 Å². The molecule has 2 unspecified atom stereocenters. The van der Waals surface area contributed by atoms with Crippen LogP contribution in [-0.4, -0.2) is 59.7 Å². The number of hydrogen-bond acceptors (Lipinski definition) is 9. The molecule has 1 aliphatic heterocycles. The minimum Gasteiger partial charge on any atom is -0.464 e. The van der Waals surface area contributed by atoms with E-state index in [1.54, 1.807) is 36.4 Å². The Balaban J connectivity index is 1.71. The minimum atomic E-state index is -4.22. The number of ether oxygens (including phenoxy) is 2. The Labute approximate surface area is 227 Å². The highest BCUT2D eigenvalue weighted by Gasteiger charge is 2.49. The maximum absolute atomic E-state index is 13.7. The molecule has 3 rings (SSSR count). The number of aliphatic hydroxyl groups excluding tert-OH is 2. The number of pyridine rings is 1. The molecule has 214 valence electrons. The van der Waals surface area contributed by atoms with E-state index in [2.05, 4.69) is 5.09 Å². The van der Waals surface area contributed by atoms with E-state index >= 15 is 0 Å². The van der Waals surface area contributed by atoms with Crippen molar-refractivity contribution >= 4 is 19.6 Å². The fraction of sp³-hybridized carbons (Fsp3) is 0.500. The lowest BCUT2D eigenvalue weighted by molar-refractivity contribution is -0.765. The van der Waals surface area contributed by atoms with Crippen LogP contribution in [0.25, 0.3) is 0 Å². The van der Waals surface area contributed by atoms with Crippen LogP contribution in [0.5, 0.6) is 5.75 Å². The monoisotopic (exact) mass is 566 g/mol. The van der Waals surface area contributed by atoms with E-state index < -0.39 is 56.8 Å². The number of hydrogen-bond donors (Lipinski definition) is 4. The lowest BCUT2D eigenvalue weighted by atomic mass is 10.1. The molecule has 2 heterocycles. The van der Waals surface area contributed by atoms with Gasteiger partial charge in [-0.15, -0.1) is 0 Å². The Bertz CT molecular complexity index is 1150. The molecule has 0 radical (unpaired) electrons. The summed E-state index contributed by atoms with van der Waals surface area (Å²) < 4.78 is 37.5. The van der Waals surface area contributed by atoms with Crippen LogP contribution >= 0.6 is 7.75 Å². The highest BCUT2D eigenvalue weighted by atomic mass is 31.2. The molecule has 0 bridgehead atoms. The number of primary amides is 1. The molecule has 13 heteroatoms. The molecule has 1 aromatic carbocycles. The number of nitrogens with two attached hydrogens (primary N) is 1. The Kier molecular flexibility index (Phi) is 11.0. The van der Waals surface area contributed by atoms with Gasteiger partial charge in [-0.3, -0.25) is 14.1 Å². The van der Waals surface area contributed by atoms with Gasteiger partial charge in [0.25, 0.3) is 12.1 Å². The molecule has 1 saturated heterocycles. The third kappa shape index (κ3) is 8.31. The van der Waals surface area contributed by atoms with Gasteiger partial charge in [0.2, 0.25) is 0 Å². The molecule has 1 fully saturated rings. The normalized spacial score (nSPS) is 23.2. The molecule has 2 aromatic rings. The fourth-order valence-electron chi connectivity index (χ4n) is 3.93. The van der Waals surface area contributed by atoms with Crippen molar-refractivity contribution < 1.29 is 47.5 Å². The summed E-state index contributed by atoms with van der Waals surface area (Å²) in [5.41, 5.74) is 5.51. The predicted molar refractivity (Wildman–Crippen MR) is 139 cm³/mol. The standard InChI is InChI=1S/C26H36N3O9P/c1-4-18(5-2)15-35-26(33)17(3)28-39(34,38-20-11-7-6-8-12-20)36-16-21-22(30)23(31)25(37-21)29-13-9-10-19(14-29)24(27)32/h6-14,17-18,21-23,25,30-31H,4-5,15-16H2,1-3H3,(H2-,27,28,32,34)/p+1/t17?,21-,22-,23-,25-,39?/m1/s1. The second kappa shape index (κ2) is 14.0. The van der Waals surface area contributed by atoms with E-state index in [1.807, 2.05) is 13.8 Å². The highest BCUT2D eigenvalue weighted by Crippen LogP contribution is 2.45. The van der Waals surface area contributed by atoms with E-state index in [-0.39, 0.29) is 23.8 Å². The third-order valence-electron chi connectivity index (χ3n) is 6.44. The summed E-state index contributed by atoms with van der Waals surface area (Å²) in [7, 11) is -4.22. The molecule has 1 aliphatic rings. The van der Waals surface area contributed by atoms with Gasteiger partial charge in [-0.1, -0.05) is 44.9 Å². The second-order valence-corrected chi connectivity index (χ2v) is 11.0. The lowest BCUT2D eigenvalue weighted by Crippen LogP contribution is -2.46. The molecule has 12 nitrogen and oxygen atoms in total. The molecule has 0 aliphatic carbocycles. The van der Waals surface area contributed by atoms with Gasteiger partial charge in [0.1, 0.15) is 29.6 Å². The first-order valence-corrected chi connectivity index (χ1v) is 14.4. The number of aliphatic hydroxyl groups is 2. The number of benzene rings is 1. The van der Waals surface area contributed by atoms with Gasteiger partial charge < -0.3 is 29.9 Å². The summed E-state index contributed by atoms with van der Waals surface area (Å²) in [6, 6.07) is 10.2. The molecule has 5 N–H and O–H groups in total. The molecule has 39 heavy (non-hydrogen) atoms. The number of rotatable bonds is 14. The van der Waals surface area contributed by atoms with E-state index in [1.165, 1.54) is 30.0 Å². The summed E-state index contributed by atoms with van der Waals surface area (Å²) in [4.78, 5) is 24.1. The fourth-order valence-corrected chi connectivity index (χ4v) is 5.43. The minimum absolute atomic E-state index is 0.178. The Morgan fingerprint density at radius 3 is 2.46 bits per heavy atom. The van der Waals surface area contributed by atoms with Crippen LogP contribution in [0.2, 0.25) is 0 Å². The van der Waals surface area contributed by atoms with Crippen LogP contribution < -0.4 is 19.9 Å². The molecule has 1 aromatic heterocycles. The predicted octanol–water partition coefficient (Wildman–Crippen LogP) is 1.85. The van der Waals surface area contributed by atoms with Crippen LogP contribution in [0.3, 0.4) is 0 Å². The van der Waals surface area contributed by atoms with E-state index in [4.69, 9.17) is 24.3 Å². The zero-order valence-corrected chi connectivity index (χ0v) is 23.1. The second-order valence-electron chi connectivity index (χ2n) is 9.31. The summed E-state index contributed by atoms with van der Waals surface area (Å²) in [5.74, 6) is -0.863. The Hall–Kier alpha value is -2.86. The molecule has 0 spiro atoms. The first-order chi connectivity index (χ1) is 18.6. The topological polar surface area (TPSA) is 171 Å². The molecule has 6 atom stereocenters. The molecule has 0 saturated carbocycles. The zero-order chi connectivity index (χ0) is 28.6. The average Bonchev–Trinajstić information content (AvgIpc) is 3.21. The number of nitrogens with one attached hydrogen (secondary N) is 1. The molecular weight excluding hydrogens is 529 g/mol. The molecule has 1 amide bonds. The number of amides is 1. The van der Waals surface area contributed by atoms with Gasteiger partial charge in [0.05, 0.1) is 13.2 Å². The van der Waals surface area contributed by atoms with Crippen molar-refractivity contribution in [1.29, 1.82) is 0 Å².